The molecule has 32 heavy (non-hydrogen) atoms. The molecule has 1 aromatic heterocycles. The van der Waals surface area contributed by atoms with Crippen molar-refractivity contribution in [2.45, 2.75) is 45.6 Å². The van der Waals surface area contributed by atoms with Crippen LogP contribution < -0.4 is 20.0 Å². The number of nitrogens with one attached hydrogen (secondary N) is 1. The highest BCUT2D eigenvalue weighted by molar-refractivity contribution is 7.09. The summed E-state index contributed by atoms with van der Waals surface area (Å²) in [4.78, 5) is 23.7. The van der Waals surface area contributed by atoms with Gasteiger partial charge in [-0.25, -0.2) is 0 Å². The van der Waals surface area contributed by atoms with E-state index in [9.17, 15) is 4.79 Å². The van der Waals surface area contributed by atoms with E-state index >= 15 is 0 Å². The van der Waals surface area contributed by atoms with Gasteiger partial charge in [0.25, 0.3) is 5.91 Å². The normalized spacial score (nSPS) is 18.3. The van der Waals surface area contributed by atoms with Crippen molar-refractivity contribution in [3.8, 4) is 0 Å². The number of aromatic nitrogens is 2. The molecule has 1 aromatic carbocycles. The molecule has 0 bridgehead atoms. The molecule has 0 saturated carbocycles. The highest BCUT2D eigenvalue weighted by Crippen LogP contribution is 2.35. The van der Waals surface area contributed by atoms with Gasteiger partial charge in [0.2, 0.25) is 11.1 Å². The molecule has 2 aliphatic heterocycles. The van der Waals surface area contributed by atoms with Crippen molar-refractivity contribution in [2.24, 2.45) is 11.8 Å². The predicted molar refractivity (Wildman–Crippen MR) is 133 cm³/mol. The van der Waals surface area contributed by atoms with Crippen LogP contribution in [0.2, 0.25) is 0 Å². The highest BCUT2D eigenvalue weighted by atomic mass is 32.1. The highest BCUT2D eigenvalue weighted by Gasteiger charge is 2.30. The quantitative estimate of drug-likeness (QED) is 0.712. The maximum atomic E-state index is 12.2. The zero-order chi connectivity index (χ0) is 22.7. The van der Waals surface area contributed by atoms with E-state index in [1.807, 2.05) is 45.0 Å². The minimum atomic E-state index is 0.00284. The van der Waals surface area contributed by atoms with E-state index in [0.717, 1.165) is 54.7 Å². The molecule has 7 nitrogen and oxygen atoms in total. The van der Waals surface area contributed by atoms with Crippen molar-refractivity contribution >= 4 is 34.2 Å². The van der Waals surface area contributed by atoms with Gasteiger partial charge in [0.05, 0.1) is 0 Å². The topological polar surface area (TPSA) is 64.6 Å². The average molecular weight is 457 g/mol. The first-order chi connectivity index (χ1) is 15.4. The minimum absolute atomic E-state index is 0.00284. The maximum Gasteiger partial charge on any atom is 0.251 e. The molecule has 0 atom stereocenters. The van der Waals surface area contributed by atoms with E-state index in [4.69, 9.17) is 0 Å². The number of piperidine rings is 2. The standard InChI is InChI=1S/C24H36N6OS/c1-17(2)25-22(31)20-5-7-21(8-6-20)29-13-9-18(10-14-29)19-11-15-30(16-12-19)24-26-23(27-32-24)28(3)4/h5-8,17-19H,9-16H2,1-4H3,(H,25,31). The van der Waals surface area contributed by atoms with Crippen LogP contribution in [-0.4, -0.2) is 61.6 Å². The van der Waals surface area contributed by atoms with Gasteiger partial charge in [-0.3, -0.25) is 4.79 Å². The van der Waals surface area contributed by atoms with Crippen molar-refractivity contribution in [3.63, 3.8) is 0 Å². The average Bonchev–Trinajstić information content (AvgIpc) is 3.30. The zero-order valence-corrected chi connectivity index (χ0v) is 20.6. The smallest absolute Gasteiger partial charge is 0.251 e. The first-order valence-electron chi connectivity index (χ1n) is 11.8. The predicted octanol–water partition coefficient (Wildman–Crippen LogP) is 3.88. The summed E-state index contributed by atoms with van der Waals surface area (Å²) in [5.41, 5.74) is 1.96. The van der Waals surface area contributed by atoms with Gasteiger partial charge in [0, 0.05) is 69.1 Å². The Balaban J connectivity index is 1.25. The van der Waals surface area contributed by atoms with Crippen molar-refractivity contribution in [2.75, 3.05) is 55.0 Å². The Hall–Kier alpha value is -2.35. The second kappa shape index (κ2) is 10.1. The van der Waals surface area contributed by atoms with Gasteiger partial charge in [0.15, 0.2) is 0 Å². The zero-order valence-electron chi connectivity index (χ0n) is 19.8. The molecule has 2 aromatic rings. The first-order valence-corrected chi connectivity index (χ1v) is 12.6. The van der Waals surface area contributed by atoms with Crippen LogP contribution in [0.15, 0.2) is 24.3 Å². The molecule has 0 radical (unpaired) electrons. The summed E-state index contributed by atoms with van der Waals surface area (Å²) < 4.78 is 4.45. The summed E-state index contributed by atoms with van der Waals surface area (Å²) in [5, 5.41) is 4.02. The molecule has 2 aliphatic rings. The lowest BCUT2D eigenvalue weighted by molar-refractivity contribution is 0.0943. The van der Waals surface area contributed by atoms with Crippen LogP contribution in [-0.2, 0) is 0 Å². The molecule has 2 saturated heterocycles. The van der Waals surface area contributed by atoms with E-state index in [1.165, 1.54) is 42.9 Å². The van der Waals surface area contributed by atoms with E-state index in [1.54, 1.807) is 0 Å². The van der Waals surface area contributed by atoms with E-state index < -0.39 is 0 Å². The molecular weight excluding hydrogens is 420 g/mol. The third-order valence-electron chi connectivity index (χ3n) is 6.74. The van der Waals surface area contributed by atoms with Crippen LogP contribution in [0.5, 0.6) is 0 Å². The second-order valence-electron chi connectivity index (χ2n) is 9.60. The summed E-state index contributed by atoms with van der Waals surface area (Å²) >= 11 is 1.52. The fourth-order valence-corrected chi connectivity index (χ4v) is 5.67. The monoisotopic (exact) mass is 456 g/mol. The van der Waals surface area contributed by atoms with Gasteiger partial charge < -0.3 is 20.0 Å². The third-order valence-corrected chi connectivity index (χ3v) is 7.50. The number of nitrogens with zero attached hydrogens (tertiary/aromatic N) is 5. The van der Waals surface area contributed by atoms with Crippen LogP contribution in [0.1, 0.15) is 49.9 Å². The first kappa shape index (κ1) is 22.8. The molecule has 4 rings (SSSR count). The molecule has 174 valence electrons. The maximum absolute atomic E-state index is 12.2. The summed E-state index contributed by atoms with van der Waals surface area (Å²) in [6.07, 6.45) is 5.01. The SMILES string of the molecule is CC(C)NC(=O)c1ccc(N2CCC(C3CCN(c4nc(N(C)C)ns4)CC3)CC2)cc1. The minimum Gasteiger partial charge on any atom is -0.372 e. The molecule has 1 N–H and O–H groups in total. The second-order valence-corrected chi connectivity index (χ2v) is 10.3. The Kier molecular flexibility index (Phi) is 7.18. The van der Waals surface area contributed by atoms with E-state index in [2.05, 4.69) is 36.6 Å². The van der Waals surface area contributed by atoms with Crippen LogP contribution in [0.3, 0.4) is 0 Å². The molecule has 0 aliphatic carbocycles. The Morgan fingerprint density at radius 1 is 1.00 bits per heavy atom. The fourth-order valence-electron chi connectivity index (χ4n) is 4.88. The Morgan fingerprint density at radius 3 is 2.06 bits per heavy atom. The molecule has 2 fully saturated rings. The Bertz CT molecular complexity index is 880. The van der Waals surface area contributed by atoms with Crippen LogP contribution >= 0.6 is 11.5 Å². The fraction of sp³-hybridized carbons (Fsp3) is 0.625. The Labute approximate surface area is 196 Å². The summed E-state index contributed by atoms with van der Waals surface area (Å²) in [6, 6.07) is 8.24. The molecular formula is C24H36N6OS. The van der Waals surface area contributed by atoms with Crippen LogP contribution in [0.4, 0.5) is 16.8 Å². The molecule has 1 amide bonds. The van der Waals surface area contributed by atoms with Gasteiger partial charge >= 0.3 is 0 Å². The van der Waals surface area contributed by atoms with Gasteiger partial charge in [-0.2, -0.15) is 9.36 Å². The summed E-state index contributed by atoms with van der Waals surface area (Å²) in [7, 11) is 3.98. The van der Waals surface area contributed by atoms with E-state index in [0.29, 0.717) is 0 Å². The number of hydrogen-bond donors (Lipinski definition) is 1. The van der Waals surface area contributed by atoms with Gasteiger partial charge in [-0.1, -0.05) is 0 Å². The van der Waals surface area contributed by atoms with Crippen molar-refractivity contribution in [1.29, 1.82) is 0 Å². The lowest BCUT2D eigenvalue weighted by Crippen LogP contribution is -2.41. The number of rotatable bonds is 6. The van der Waals surface area contributed by atoms with Crippen LogP contribution in [0, 0.1) is 11.8 Å². The third kappa shape index (κ3) is 5.34. The largest absolute Gasteiger partial charge is 0.372 e. The molecule has 0 unspecified atom stereocenters. The number of hydrogen-bond acceptors (Lipinski definition) is 7. The number of carbonyl (C=O) groups excluding carboxylic acids is 1. The van der Waals surface area contributed by atoms with Crippen molar-refractivity contribution in [3.05, 3.63) is 29.8 Å². The van der Waals surface area contributed by atoms with Gasteiger partial charge in [-0.15, -0.1) is 0 Å². The van der Waals surface area contributed by atoms with Crippen molar-refractivity contribution in [1.82, 2.24) is 14.7 Å². The van der Waals surface area contributed by atoms with Gasteiger partial charge in [0.1, 0.15) is 0 Å². The van der Waals surface area contributed by atoms with Gasteiger partial charge in [-0.05, 0) is 75.6 Å². The number of amides is 1. The van der Waals surface area contributed by atoms with Crippen LogP contribution in [0.25, 0.3) is 0 Å². The summed E-state index contributed by atoms with van der Waals surface area (Å²) in [6.45, 7) is 8.35. The lowest BCUT2D eigenvalue weighted by atomic mass is 9.79. The van der Waals surface area contributed by atoms with Crippen molar-refractivity contribution < 1.29 is 4.79 Å². The number of carbonyl (C=O) groups is 1. The lowest BCUT2D eigenvalue weighted by Gasteiger charge is -2.40. The summed E-state index contributed by atoms with van der Waals surface area (Å²) in [5.74, 6) is 2.45. The molecule has 3 heterocycles. The Morgan fingerprint density at radius 2 is 1.56 bits per heavy atom. The number of benzene rings is 1. The number of anilines is 3. The van der Waals surface area contributed by atoms with E-state index in [-0.39, 0.29) is 11.9 Å². The molecule has 8 heteroatoms. The molecule has 0 spiro atoms.